The van der Waals surface area contributed by atoms with Crippen molar-refractivity contribution in [2.45, 2.75) is 12.8 Å². The lowest BCUT2D eigenvalue weighted by molar-refractivity contribution is 0.439. The van der Waals surface area contributed by atoms with Gasteiger partial charge in [-0.2, -0.15) is 0 Å². The molecule has 1 aromatic heterocycles. The summed E-state index contributed by atoms with van der Waals surface area (Å²) in [6.45, 7) is 2.27. The minimum Gasteiger partial charge on any atom is -0.316 e. The Morgan fingerprint density at radius 2 is 2.21 bits per heavy atom. The molecule has 2 rings (SSSR count). The third-order valence-corrected chi connectivity index (χ3v) is 2.48. The van der Waals surface area contributed by atoms with Crippen molar-refractivity contribution in [1.29, 1.82) is 0 Å². The molecule has 1 aliphatic heterocycles. The fraction of sp³-hybridized carbons (Fsp3) is 0.455. The molecule has 1 saturated heterocycles. The van der Waals surface area contributed by atoms with Crippen molar-refractivity contribution < 1.29 is 0 Å². The lowest BCUT2D eigenvalue weighted by Gasteiger charge is -2.19. The Bertz CT molecular complexity index is 289. The summed E-state index contributed by atoms with van der Waals surface area (Å²) >= 11 is 0. The Morgan fingerprint density at radius 1 is 1.36 bits per heavy atom. The fourth-order valence-corrected chi connectivity index (χ4v) is 1.69. The van der Waals surface area contributed by atoms with Crippen molar-refractivity contribution in [1.82, 2.24) is 15.3 Å². The molecule has 0 aliphatic carbocycles. The van der Waals surface area contributed by atoms with Crippen LogP contribution in [0.2, 0.25) is 0 Å². The molecule has 0 saturated carbocycles. The van der Waals surface area contributed by atoms with Crippen molar-refractivity contribution in [2.24, 2.45) is 5.92 Å². The van der Waals surface area contributed by atoms with Crippen LogP contribution in [0, 0.1) is 5.92 Å². The van der Waals surface area contributed by atoms with E-state index in [1.807, 2.05) is 12.4 Å². The Labute approximate surface area is 84.3 Å². The van der Waals surface area contributed by atoms with Crippen molar-refractivity contribution in [2.75, 3.05) is 13.1 Å². The SMILES string of the molecule is C(=C\[C@@H]1CCCNC1)/c1cncnc1. The van der Waals surface area contributed by atoms with Gasteiger partial charge in [-0.25, -0.2) is 9.97 Å². The summed E-state index contributed by atoms with van der Waals surface area (Å²) in [5, 5.41) is 3.39. The van der Waals surface area contributed by atoms with E-state index in [1.54, 1.807) is 6.33 Å². The second kappa shape index (κ2) is 4.86. The van der Waals surface area contributed by atoms with Gasteiger partial charge in [0, 0.05) is 24.5 Å². The van der Waals surface area contributed by atoms with E-state index in [9.17, 15) is 0 Å². The number of hydrogen-bond acceptors (Lipinski definition) is 3. The van der Waals surface area contributed by atoms with E-state index < -0.39 is 0 Å². The number of aromatic nitrogens is 2. The van der Waals surface area contributed by atoms with E-state index >= 15 is 0 Å². The van der Waals surface area contributed by atoms with E-state index in [2.05, 4.69) is 27.4 Å². The first kappa shape index (κ1) is 9.34. The number of piperidine rings is 1. The van der Waals surface area contributed by atoms with Gasteiger partial charge in [-0.3, -0.25) is 0 Å². The van der Waals surface area contributed by atoms with Crippen LogP contribution in [-0.2, 0) is 0 Å². The standard InChI is InChI=1S/C11H15N3/c1-2-10(6-12-5-1)3-4-11-7-13-9-14-8-11/h3-4,7-10,12H,1-2,5-6H2/b4-3+/t10-/m0/s1. The normalized spacial score (nSPS) is 22.7. The van der Waals surface area contributed by atoms with Crippen LogP contribution in [-0.4, -0.2) is 23.1 Å². The van der Waals surface area contributed by atoms with Gasteiger partial charge < -0.3 is 5.32 Å². The van der Waals surface area contributed by atoms with E-state index in [-0.39, 0.29) is 0 Å². The fourth-order valence-electron chi connectivity index (χ4n) is 1.69. The molecule has 1 fully saturated rings. The van der Waals surface area contributed by atoms with Gasteiger partial charge in [-0.05, 0) is 25.3 Å². The molecule has 0 spiro atoms. The maximum atomic E-state index is 3.97. The van der Waals surface area contributed by atoms with Gasteiger partial charge in [0.15, 0.2) is 0 Å². The molecule has 0 aromatic carbocycles. The Morgan fingerprint density at radius 3 is 2.93 bits per heavy atom. The van der Waals surface area contributed by atoms with Crippen molar-refractivity contribution in [3.05, 3.63) is 30.4 Å². The monoisotopic (exact) mass is 189 g/mol. The van der Waals surface area contributed by atoms with Crippen molar-refractivity contribution in [3.63, 3.8) is 0 Å². The zero-order chi connectivity index (χ0) is 9.64. The molecule has 1 aliphatic rings. The van der Waals surface area contributed by atoms with E-state index in [0.717, 1.165) is 12.1 Å². The van der Waals surface area contributed by atoms with Crippen LogP contribution >= 0.6 is 0 Å². The predicted octanol–water partition coefficient (Wildman–Crippen LogP) is 1.49. The number of hydrogen-bond donors (Lipinski definition) is 1. The number of rotatable bonds is 2. The van der Waals surface area contributed by atoms with E-state index in [0.29, 0.717) is 5.92 Å². The van der Waals surface area contributed by atoms with Crippen LogP contribution < -0.4 is 5.32 Å². The van der Waals surface area contributed by atoms with Gasteiger partial charge in [-0.1, -0.05) is 12.2 Å². The quantitative estimate of drug-likeness (QED) is 0.766. The van der Waals surface area contributed by atoms with Crippen LogP contribution in [0.15, 0.2) is 24.8 Å². The van der Waals surface area contributed by atoms with Gasteiger partial charge in [-0.15, -0.1) is 0 Å². The van der Waals surface area contributed by atoms with Crippen LogP contribution in [0.3, 0.4) is 0 Å². The summed E-state index contributed by atoms with van der Waals surface area (Å²) < 4.78 is 0. The smallest absolute Gasteiger partial charge is 0.115 e. The third-order valence-electron chi connectivity index (χ3n) is 2.48. The molecule has 3 nitrogen and oxygen atoms in total. The first-order valence-corrected chi connectivity index (χ1v) is 5.09. The maximum Gasteiger partial charge on any atom is 0.115 e. The molecular formula is C11H15N3. The Kier molecular flexibility index (Phi) is 3.24. The highest BCUT2D eigenvalue weighted by molar-refractivity contribution is 5.46. The summed E-state index contributed by atoms with van der Waals surface area (Å²) in [5.74, 6) is 0.670. The van der Waals surface area contributed by atoms with E-state index in [4.69, 9.17) is 0 Å². The molecule has 0 radical (unpaired) electrons. The Hall–Kier alpha value is -1.22. The minimum absolute atomic E-state index is 0.670. The zero-order valence-electron chi connectivity index (χ0n) is 8.19. The van der Waals surface area contributed by atoms with E-state index in [1.165, 1.54) is 19.4 Å². The number of nitrogens with zero attached hydrogens (tertiary/aromatic N) is 2. The minimum atomic E-state index is 0.670. The average molecular weight is 189 g/mol. The van der Waals surface area contributed by atoms with Crippen molar-refractivity contribution in [3.8, 4) is 0 Å². The largest absolute Gasteiger partial charge is 0.316 e. The molecule has 1 aromatic rings. The summed E-state index contributed by atoms with van der Waals surface area (Å²) in [6, 6.07) is 0. The molecule has 1 atom stereocenters. The summed E-state index contributed by atoms with van der Waals surface area (Å²) in [7, 11) is 0. The van der Waals surface area contributed by atoms with Crippen LogP contribution in [0.25, 0.3) is 6.08 Å². The molecule has 2 heterocycles. The van der Waals surface area contributed by atoms with Gasteiger partial charge in [0.25, 0.3) is 0 Å². The summed E-state index contributed by atoms with van der Waals surface area (Å²) in [4.78, 5) is 7.94. The summed E-state index contributed by atoms with van der Waals surface area (Å²) in [6.07, 6.45) is 12.2. The maximum absolute atomic E-state index is 3.97. The first-order valence-electron chi connectivity index (χ1n) is 5.09. The second-order valence-corrected chi connectivity index (χ2v) is 3.64. The number of nitrogens with one attached hydrogen (secondary N) is 1. The van der Waals surface area contributed by atoms with Crippen LogP contribution in [0.4, 0.5) is 0 Å². The molecule has 74 valence electrons. The topological polar surface area (TPSA) is 37.8 Å². The molecule has 0 bridgehead atoms. The highest BCUT2D eigenvalue weighted by Gasteiger charge is 2.08. The molecule has 0 unspecified atom stereocenters. The highest BCUT2D eigenvalue weighted by Crippen LogP contribution is 2.12. The molecular weight excluding hydrogens is 174 g/mol. The first-order chi connectivity index (χ1) is 6.95. The predicted molar refractivity (Wildman–Crippen MR) is 56.7 cm³/mol. The van der Waals surface area contributed by atoms with Gasteiger partial charge in [0.1, 0.15) is 6.33 Å². The van der Waals surface area contributed by atoms with Crippen LogP contribution in [0.5, 0.6) is 0 Å². The molecule has 1 N–H and O–H groups in total. The molecule has 14 heavy (non-hydrogen) atoms. The van der Waals surface area contributed by atoms with Crippen LogP contribution in [0.1, 0.15) is 18.4 Å². The molecule has 0 amide bonds. The van der Waals surface area contributed by atoms with Gasteiger partial charge in [0.2, 0.25) is 0 Å². The molecule has 3 heteroatoms. The van der Waals surface area contributed by atoms with Gasteiger partial charge >= 0.3 is 0 Å². The third kappa shape index (κ3) is 2.64. The summed E-state index contributed by atoms with van der Waals surface area (Å²) in [5.41, 5.74) is 1.08. The van der Waals surface area contributed by atoms with Gasteiger partial charge in [0.05, 0.1) is 0 Å². The average Bonchev–Trinajstić information content (AvgIpc) is 2.29. The second-order valence-electron chi connectivity index (χ2n) is 3.64. The highest BCUT2D eigenvalue weighted by atomic mass is 14.9. The lowest BCUT2D eigenvalue weighted by atomic mass is 9.99. The zero-order valence-corrected chi connectivity index (χ0v) is 8.19. The lowest BCUT2D eigenvalue weighted by Crippen LogP contribution is -2.28. The Balaban J connectivity index is 1.93. The van der Waals surface area contributed by atoms with Crippen molar-refractivity contribution >= 4 is 6.08 Å².